The molecule has 0 aromatic rings. The Bertz CT molecular complexity index is 169. The van der Waals surface area contributed by atoms with Crippen LogP contribution in [0.15, 0.2) is 25.3 Å². The molecule has 4 heteroatoms. The molecule has 0 aromatic heterocycles. The van der Waals surface area contributed by atoms with Gasteiger partial charge in [0.1, 0.15) is 0 Å². The number of allylic oxidation sites excluding steroid dienone is 1. The van der Waals surface area contributed by atoms with Crippen LogP contribution in [0.25, 0.3) is 0 Å². The van der Waals surface area contributed by atoms with Gasteiger partial charge in [0.25, 0.3) is 0 Å². The maximum absolute atomic E-state index is 5.76. The van der Waals surface area contributed by atoms with Crippen LogP contribution < -0.4 is 5.73 Å². The summed E-state index contributed by atoms with van der Waals surface area (Å²) < 4.78 is 10.8. The van der Waals surface area contributed by atoms with E-state index in [4.69, 9.17) is 14.6 Å². The molecule has 0 bridgehead atoms. The summed E-state index contributed by atoms with van der Waals surface area (Å²) in [6, 6.07) is 1.41. The van der Waals surface area contributed by atoms with Crippen molar-refractivity contribution < 1.29 is 8.85 Å². The maximum Gasteiger partial charge on any atom is 0.343 e. The highest BCUT2D eigenvalue weighted by molar-refractivity contribution is 6.68. The maximum atomic E-state index is 5.76. The van der Waals surface area contributed by atoms with Gasteiger partial charge in [-0.3, -0.25) is 0 Å². The van der Waals surface area contributed by atoms with E-state index in [0.717, 1.165) is 12.1 Å². The number of hydrogen-bond acceptors (Lipinski definition) is 3. The summed E-state index contributed by atoms with van der Waals surface area (Å²) in [6.45, 7) is 7.32. The summed E-state index contributed by atoms with van der Waals surface area (Å²) >= 11 is 0. The van der Waals surface area contributed by atoms with Gasteiger partial charge in [0.15, 0.2) is 0 Å². The summed E-state index contributed by atoms with van der Waals surface area (Å²) in [7, 11) is 1.18. The molecule has 0 aromatic carbocycles. The van der Waals surface area contributed by atoms with Crippen molar-refractivity contribution in [2.24, 2.45) is 5.73 Å². The van der Waals surface area contributed by atoms with Crippen molar-refractivity contribution in [1.29, 1.82) is 0 Å². The Balaban J connectivity index is 4.35. The zero-order chi connectivity index (χ0) is 10.3. The Morgan fingerprint density at radius 2 is 1.92 bits per heavy atom. The smallest absolute Gasteiger partial charge is 0.343 e. The monoisotopic (exact) mass is 201 g/mol. The summed E-state index contributed by atoms with van der Waals surface area (Å²) in [5.41, 5.74) is 5.76. The van der Waals surface area contributed by atoms with Crippen LogP contribution in [0.4, 0.5) is 0 Å². The number of nitrogens with two attached hydrogens (primary N) is 1. The Labute approximate surface area is 81.5 Å². The van der Waals surface area contributed by atoms with E-state index in [-0.39, 0.29) is 6.04 Å². The van der Waals surface area contributed by atoms with E-state index in [0.29, 0.717) is 0 Å². The van der Waals surface area contributed by atoms with Gasteiger partial charge in [-0.25, -0.2) is 0 Å². The Kier molecular flexibility index (Phi) is 5.90. The van der Waals surface area contributed by atoms with Gasteiger partial charge in [-0.2, -0.15) is 0 Å². The first-order valence-corrected chi connectivity index (χ1v) is 6.46. The molecule has 0 aliphatic rings. The van der Waals surface area contributed by atoms with Crippen molar-refractivity contribution in [2.45, 2.75) is 18.1 Å². The second-order valence-electron chi connectivity index (χ2n) is 2.92. The molecule has 1 atom stereocenters. The minimum atomic E-state index is -2.14. The van der Waals surface area contributed by atoms with Gasteiger partial charge in [-0.15, -0.1) is 13.2 Å². The quantitative estimate of drug-likeness (QED) is 0.500. The molecule has 13 heavy (non-hydrogen) atoms. The van der Waals surface area contributed by atoms with E-state index >= 15 is 0 Å². The predicted octanol–water partition coefficient (Wildman–Crippen LogP) is 1.42. The van der Waals surface area contributed by atoms with Crippen LogP contribution in [-0.2, 0) is 8.85 Å². The molecule has 0 radical (unpaired) electrons. The molecule has 0 fully saturated rings. The van der Waals surface area contributed by atoms with Gasteiger partial charge in [0.2, 0.25) is 0 Å². The molecule has 0 aliphatic carbocycles. The van der Waals surface area contributed by atoms with E-state index in [1.807, 2.05) is 6.08 Å². The van der Waals surface area contributed by atoms with Gasteiger partial charge in [0, 0.05) is 32.3 Å². The van der Waals surface area contributed by atoms with Gasteiger partial charge in [0.05, 0.1) is 0 Å². The molecule has 0 aliphatic heterocycles. The van der Waals surface area contributed by atoms with Crippen molar-refractivity contribution in [3.63, 3.8) is 0 Å². The van der Waals surface area contributed by atoms with E-state index in [9.17, 15) is 0 Å². The lowest BCUT2D eigenvalue weighted by atomic mass is 10.4. The standard InChI is InChI=1S/C9H19NO2Si/c1-5-7-13(11-3,12-4)8-9(10)6-2/h5-6,9H,1-2,7-8,10H2,3-4H3. The second-order valence-corrected chi connectivity index (χ2v) is 6.37. The van der Waals surface area contributed by atoms with Crippen molar-refractivity contribution in [2.75, 3.05) is 14.2 Å². The third-order valence-corrected chi connectivity index (χ3v) is 5.54. The van der Waals surface area contributed by atoms with Gasteiger partial charge in [-0.1, -0.05) is 12.2 Å². The zero-order valence-corrected chi connectivity index (χ0v) is 9.45. The third-order valence-electron chi connectivity index (χ3n) is 2.05. The minimum Gasteiger partial charge on any atom is -0.397 e. The SMILES string of the molecule is C=CC[Si](CC(N)C=C)(OC)OC. The van der Waals surface area contributed by atoms with Crippen molar-refractivity contribution in [3.8, 4) is 0 Å². The molecule has 0 rings (SSSR count). The first-order chi connectivity index (χ1) is 6.14. The molecule has 2 N–H and O–H groups in total. The average molecular weight is 201 g/mol. The molecule has 76 valence electrons. The van der Waals surface area contributed by atoms with E-state index in [1.165, 1.54) is 0 Å². The van der Waals surface area contributed by atoms with Crippen LogP contribution >= 0.6 is 0 Å². The molecule has 0 amide bonds. The molecule has 0 heterocycles. The van der Waals surface area contributed by atoms with Crippen molar-refractivity contribution in [1.82, 2.24) is 0 Å². The fourth-order valence-electron chi connectivity index (χ4n) is 1.16. The highest BCUT2D eigenvalue weighted by atomic mass is 28.4. The first-order valence-electron chi connectivity index (χ1n) is 4.23. The third kappa shape index (κ3) is 3.86. The molecule has 1 unspecified atom stereocenters. The molecule has 0 saturated carbocycles. The summed E-state index contributed by atoms with van der Waals surface area (Å²) in [5, 5.41) is 0. The first kappa shape index (κ1) is 12.6. The average Bonchev–Trinajstić information content (AvgIpc) is 2.17. The van der Waals surface area contributed by atoms with Gasteiger partial charge < -0.3 is 14.6 Å². The lowest BCUT2D eigenvalue weighted by Crippen LogP contribution is -2.44. The Morgan fingerprint density at radius 1 is 1.38 bits per heavy atom. The fraction of sp³-hybridized carbons (Fsp3) is 0.556. The Morgan fingerprint density at radius 3 is 2.23 bits per heavy atom. The van der Waals surface area contributed by atoms with Crippen LogP contribution in [0.2, 0.25) is 12.1 Å². The molecular weight excluding hydrogens is 182 g/mol. The summed E-state index contributed by atoms with van der Waals surface area (Å²) in [4.78, 5) is 0. The van der Waals surface area contributed by atoms with Crippen LogP contribution in [0.5, 0.6) is 0 Å². The van der Waals surface area contributed by atoms with Gasteiger partial charge in [-0.05, 0) is 0 Å². The van der Waals surface area contributed by atoms with Crippen LogP contribution in [-0.4, -0.2) is 28.8 Å². The highest BCUT2D eigenvalue weighted by Gasteiger charge is 2.35. The van der Waals surface area contributed by atoms with E-state index < -0.39 is 8.56 Å². The highest BCUT2D eigenvalue weighted by Crippen LogP contribution is 2.19. The predicted molar refractivity (Wildman–Crippen MR) is 57.8 cm³/mol. The zero-order valence-electron chi connectivity index (χ0n) is 8.45. The van der Waals surface area contributed by atoms with Crippen LogP contribution in [0.3, 0.4) is 0 Å². The topological polar surface area (TPSA) is 44.5 Å². The van der Waals surface area contributed by atoms with Crippen LogP contribution in [0.1, 0.15) is 0 Å². The van der Waals surface area contributed by atoms with Crippen molar-refractivity contribution in [3.05, 3.63) is 25.3 Å². The number of hydrogen-bond donors (Lipinski definition) is 1. The van der Waals surface area contributed by atoms with Crippen LogP contribution in [0, 0.1) is 0 Å². The summed E-state index contributed by atoms with van der Waals surface area (Å²) in [5.74, 6) is 0. The summed E-state index contributed by atoms with van der Waals surface area (Å²) in [6.07, 6.45) is 3.53. The largest absolute Gasteiger partial charge is 0.397 e. The molecular formula is C9H19NO2Si. The Hall–Kier alpha value is -0.423. The fourth-order valence-corrected chi connectivity index (χ4v) is 3.49. The normalized spacial score (nSPS) is 13.8. The van der Waals surface area contributed by atoms with Crippen molar-refractivity contribution >= 4 is 8.56 Å². The molecule has 3 nitrogen and oxygen atoms in total. The lowest BCUT2D eigenvalue weighted by molar-refractivity contribution is 0.243. The van der Waals surface area contributed by atoms with E-state index in [1.54, 1.807) is 20.3 Å². The minimum absolute atomic E-state index is 0.0634. The molecule has 0 saturated heterocycles. The number of rotatable bonds is 7. The molecule has 0 spiro atoms. The second kappa shape index (κ2) is 6.10. The van der Waals surface area contributed by atoms with Gasteiger partial charge >= 0.3 is 8.56 Å². The lowest BCUT2D eigenvalue weighted by Gasteiger charge is -2.27. The van der Waals surface area contributed by atoms with E-state index in [2.05, 4.69) is 13.2 Å².